The highest BCUT2D eigenvalue weighted by Gasteiger charge is 2.09. The first-order chi connectivity index (χ1) is 12.1. The maximum atomic E-state index is 11.7. The minimum Gasteiger partial charge on any atom is -0.452 e. The van der Waals surface area contributed by atoms with Crippen LogP contribution in [-0.4, -0.2) is 36.0 Å². The first-order valence-electron chi connectivity index (χ1n) is 7.86. The second kappa shape index (κ2) is 9.17. The third-order valence-corrected chi connectivity index (χ3v) is 3.20. The molecule has 1 aromatic heterocycles. The van der Waals surface area contributed by atoms with Crippen molar-refractivity contribution >= 4 is 34.9 Å². The molecule has 3 amide bonds. The van der Waals surface area contributed by atoms with Gasteiger partial charge in [0.15, 0.2) is 6.61 Å². The van der Waals surface area contributed by atoms with E-state index < -0.39 is 24.5 Å². The Kier molecular flexibility index (Phi) is 6.65. The number of aromatic nitrogens is 1. The molecule has 0 saturated heterocycles. The van der Waals surface area contributed by atoms with Gasteiger partial charge in [0.1, 0.15) is 0 Å². The maximum Gasteiger partial charge on any atom is 0.331 e. The lowest BCUT2D eigenvalue weighted by Gasteiger charge is -2.05. The summed E-state index contributed by atoms with van der Waals surface area (Å²) in [4.78, 5) is 38.8. The van der Waals surface area contributed by atoms with Crippen molar-refractivity contribution in [2.75, 3.05) is 13.2 Å². The Morgan fingerprint density at radius 2 is 2.00 bits per heavy atom. The van der Waals surface area contributed by atoms with Crippen molar-refractivity contribution in [3.63, 3.8) is 0 Å². The standard InChI is InChI=1S/C18H19N3O4/c1-2-10-20-18(24)21-15(22)12-25-16(23)9-8-14-6-3-5-13-7-4-11-19-17(13)14/h3-9,11H,2,10,12H2,1H3,(H2,20,21,22,24)/b9-8+. The number of carbonyl (C=O) groups is 3. The molecule has 0 unspecified atom stereocenters. The zero-order valence-corrected chi connectivity index (χ0v) is 13.8. The van der Waals surface area contributed by atoms with Crippen LogP contribution < -0.4 is 10.6 Å². The van der Waals surface area contributed by atoms with Gasteiger partial charge in [0.2, 0.25) is 0 Å². The SMILES string of the molecule is CCCNC(=O)NC(=O)COC(=O)/C=C/c1cccc2cccnc12. The van der Waals surface area contributed by atoms with Crippen LogP contribution in [0.1, 0.15) is 18.9 Å². The van der Waals surface area contributed by atoms with E-state index in [1.807, 2.05) is 37.3 Å². The molecule has 0 radical (unpaired) electrons. The van der Waals surface area contributed by atoms with E-state index in [9.17, 15) is 14.4 Å². The average Bonchev–Trinajstić information content (AvgIpc) is 2.63. The number of carbonyl (C=O) groups excluding carboxylic acids is 3. The molecule has 0 bridgehead atoms. The minimum absolute atomic E-state index is 0.459. The number of rotatable bonds is 6. The minimum atomic E-state index is -0.692. The second-order valence-electron chi connectivity index (χ2n) is 5.17. The number of imide groups is 1. The van der Waals surface area contributed by atoms with Crippen molar-refractivity contribution in [3.8, 4) is 0 Å². The van der Waals surface area contributed by atoms with Crippen molar-refractivity contribution in [2.24, 2.45) is 0 Å². The summed E-state index contributed by atoms with van der Waals surface area (Å²) in [5, 5.41) is 5.50. The Balaban J connectivity index is 1.86. The van der Waals surface area contributed by atoms with Crippen LogP contribution in [-0.2, 0) is 14.3 Å². The average molecular weight is 341 g/mol. The molecule has 2 N–H and O–H groups in total. The van der Waals surface area contributed by atoms with Gasteiger partial charge in [-0.05, 0) is 18.6 Å². The fourth-order valence-electron chi connectivity index (χ4n) is 2.05. The predicted molar refractivity (Wildman–Crippen MR) is 93.6 cm³/mol. The molecular formula is C18H19N3O4. The lowest BCUT2D eigenvalue weighted by Crippen LogP contribution is -2.41. The summed E-state index contributed by atoms with van der Waals surface area (Å²) in [5.41, 5.74) is 1.53. The van der Waals surface area contributed by atoms with Gasteiger partial charge in [-0.3, -0.25) is 15.1 Å². The summed E-state index contributed by atoms with van der Waals surface area (Å²) >= 11 is 0. The summed E-state index contributed by atoms with van der Waals surface area (Å²) in [6.45, 7) is 1.82. The van der Waals surface area contributed by atoms with E-state index in [2.05, 4.69) is 15.6 Å². The number of urea groups is 1. The molecule has 0 aliphatic rings. The smallest absolute Gasteiger partial charge is 0.331 e. The summed E-state index contributed by atoms with van der Waals surface area (Å²) in [6, 6.07) is 8.75. The lowest BCUT2D eigenvalue weighted by molar-refractivity contribution is -0.143. The molecule has 0 atom stereocenters. The Hall–Kier alpha value is -3.22. The molecule has 0 spiro atoms. The van der Waals surface area contributed by atoms with Gasteiger partial charge in [0.05, 0.1) is 5.52 Å². The van der Waals surface area contributed by atoms with Crippen molar-refractivity contribution in [2.45, 2.75) is 13.3 Å². The fraction of sp³-hybridized carbons (Fsp3) is 0.222. The zero-order valence-electron chi connectivity index (χ0n) is 13.8. The number of amides is 3. The van der Waals surface area contributed by atoms with Crippen LogP contribution >= 0.6 is 0 Å². The molecular weight excluding hydrogens is 322 g/mol. The van der Waals surface area contributed by atoms with Crippen LogP contribution in [0.3, 0.4) is 0 Å². The molecule has 0 aliphatic carbocycles. The Morgan fingerprint density at radius 3 is 2.80 bits per heavy atom. The van der Waals surface area contributed by atoms with Crippen molar-refractivity contribution in [1.82, 2.24) is 15.6 Å². The number of hydrogen-bond acceptors (Lipinski definition) is 5. The van der Waals surface area contributed by atoms with Crippen LogP contribution in [0, 0.1) is 0 Å². The topological polar surface area (TPSA) is 97.4 Å². The molecule has 0 aliphatic heterocycles. The van der Waals surface area contributed by atoms with E-state index in [4.69, 9.17) is 4.74 Å². The van der Waals surface area contributed by atoms with Crippen molar-refractivity contribution in [3.05, 3.63) is 48.2 Å². The van der Waals surface area contributed by atoms with Gasteiger partial charge in [0.25, 0.3) is 5.91 Å². The number of hydrogen-bond donors (Lipinski definition) is 2. The molecule has 130 valence electrons. The molecule has 0 saturated carbocycles. The van der Waals surface area contributed by atoms with Crippen molar-refractivity contribution in [1.29, 1.82) is 0 Å². The van der Waals surface area contributed by atoms with Crippen LogP contribution in [0.5, 0.6) is 0 Å². The van der Waals surface area contributed by atoms with Crippen LogP contribution in [0.4, 0.5) is 4.79 Å². The van der Waals surface area contributed by atoms with Crippen molar-refractivity contribution < 1.29 is 19.1 Å². The maximum absolute atomic E-state index is 11.7. The Bertz CT molecular complexity index is 797. The number of esters is 1. The lowest BCUT2D eigenvalue weighted by atomic mass is 10.1. The fourth-order valence-corrected chi connectivity index (χ4v) is 2.05. The number of pyridine rings is 1. The molecule has 0 fully saturated rings. The number of nitrogens with one attached hydrogen (secondary N) is 2. The van der Waals surface area contributed by atoms with Crippen LogP contribution in [0.25, 0.3) is 17.0 Å². The highest BCUT2D eigenvalue weighted by atomic mass is 16.5. The number of benzene rings is 1. The predicted octanol–water partition coefficient (Wildman–Crippen LogP) is 2.03. The van der Waals surface area contributed by atoms with Gasteiger partial charge in [-0.25, -0.2) is 9.59 Å². The molecule has 7 heteroatoms. The van der Waals surface area contributed by atoms with Gasteiger partial charge in [-0.1, -0.05) is 31.2 Å². The zero-order chi connectivity index (χ0) is 18.1. The van der Waals surface area contributed by atoms with Gasteiger partial charge in [-0.15, -0.1) is 0 Å². The van der Waals surface area contributed by atoms with E-state index in [0.29, 0.717) is 6.54 Å². The number of fused-ring (bicyclic) bond motifs is 1. The van der Waals surface area contributed by atoms with E-state index in [-0.39, 0.29) is 0 Å². The number of nitrogens with zero attached hydrogens (tertiary/aromatic N) is 1. The molecule has 2 aromatic rings. The normalized spacial score (nSPS) is 10.6. The first-order valence-corrected chi connectivity index (χ1v) is 7.86. The molecule has 7 nitrogen and oxygen atoms in total. The number of ether oxygens (including phenoxy) is 1. The molecule has 25 heavy (non-hydrogen) atoms. The first kappa shape index (κ1) is 18.1. The largest absolute Gasteiger partial charge is 0.452 e. The van der Waals surface area contributed by atoms with Crippen LogP contribution in [0.15, 0.2) is 42.6 Å². The summed E-state index contributed by atoms with van der Waals surface area (Å²) in [7, 11) is 0. The monoisotopic (exact) mass is 341 g/mol. The highest BCUT2D eigenvalue weighted by molar-refractivity contribution is 5.97. The quantitative estimate of drug-likeness (QED) is 0.619. The molecule has 2 rings (SSSR count). The highest BCUT2D eigenvalue weighted by Crippen LogP contribution is 2.17. The van der Waals surface area contributed by atoms with Gasteiger partial charge < -0.3 is 10.1 Å². The van der Waals surface area contributed by atoms with Gasteiger partial charge >= 0.3 is 12.0 Å². The van der Waals surface area contributed by atoms with Crippen LogP contribution in [0.2, 0.25) is 0 Å². The van der Waals surface area contributed by atoms with Gasteiger partial charge in [0, 0.05) is 29.8 Å². The van der Waals surface area contributed by atoms with E-state index in [1.165, 1.54) is 6.08 Å². The third-order valence-electron chi connectivity index (χ3n) is 3.20. The summed E-state index contributed by atoms with van der Waals surface area (Å²) in [6.07, 6.45) is 5.22. The summed E-state index contributed by atoms with van der Waals surface area (Å²) < 4.78 is 4.80. The van der Waals surface area contributed by atoms with E-state index in [1.54, 1.807) is 12.3 Å². The Morgan fingerprint density at radius 1 is 1.20 bits per heavy atom. The third kappa shape index (κ3) is 5.72. The van der Waals surface area contributed by atoms with Gasteiger partial charge in [-0.2, -0.15) is 0 Å². The van der Waals surface area contributed by atoms with E-state index in [0.717, 1.165) is 22.9 Å². The van der Waals surface area contributed by atoms with E-state index >= 15 is 0 Å². The number of para-hydroxylation sites is 1. The molecule has 1 heterocycles. The second-order valence-corrected chi connectivity index (χ2v) is 5.17. The summed E-state index contributed by atoms with van der Waals surface area (Å²) in [5.74, 6) is -1.38. The molecule has 1 aromatic carbocycles. The Labute approximate surface area is 145 Å².